The van der Waals surface area contributed by atoms with Gasteiger partial charge in [-0.2, -0.15) is 4.94 Å². The maximum absolute atomic E-state index is 10.9. The number of sulfonamides is 3. The molecule has 0 aromatic heterocycles. The van der Waals surface area contributed by atoms with E-state index in [2.05, 4.69) is 4.94 Å². The highest BCUT2D eigenvalue weighted by Gasteiger charge is 2.29. The summed E-state index contributed by atoms with van der Waals surface area (Å²) in [5, 5.41) is 0. The molecule has 1 N–H and O–H groups in total. The number of hydrogen-bond donors (Lipinski definition) is 1. The Bertz CT molecular complexity index is 482. The monoisotopic (exact) mass is 282 g/mol. The molecule has 12 heteroatoms. The summed E-state index contributed by atoms with van der Waals surface area (Å²) in [6.45, 7) is 0. The third-order valence-corrected chi connectivity index (χ3v) is 4.04. The molecule has 92 valence electrons. The highest BCUT2D eigenvalue weighted by molar-refractivity contribution is 8.03. The molecule has 0 aliphatic heterocycles. The normalized spacial score (nSPS) is 14.4. The number of nitrogens with zero attached hydrogens (tertiary/aromatic N) is 1. The Morgan fingerprint density at radius 2 is 1.20 bits per heavy atom. The molecular weight excluding hydrogens is 272 g/mol. The van der Waals surface area contributed by atoms with Crippen LogP contribution < -0.4 is 4.89 Å². The first-order valence-electron chi connectivity index (χ1n) is 3.18. The molecule has 0 bridgehead atoms. The van der Waals surface area contributed by atoms with Gasteiger partial charge in [0.15, 0.2) is 0 Å². The van der Waals surface area contributed by atoms with E-state index in [4.69, 9.17) is 0 Å². The Balaban J connectivity index is 5.05. The molecule has 0 heterocycles. The van der Waals surface area contributed by atoms with Crippen molar-refractivity contribution in [2.45, 2.75) is 0 Å². The third-order valence-electron chi connectivity index (χ3n) is 0.805. The van der Waals surface area contributed by atoms with E-state index in [1.807, 2.05) is 0 Å². The average molecular weight is 282 g/mol. The van der Waals surface area contributed by atoms with E-state index < -0.39 is 33.9 Å². The molecule has 0 amide bonds. The summed E-state index contributed by atoms with van der Waals surface area (Å²) in [5.41, 5.74) is 0. The molecule has 0 unspecified atom stereocenters. The van der Waals surface area contributed by atoms with E-state index in [0.29, 0.717) is 18.8 Å². The summed E-state index contributed by atoms with van der Waals surface area (Å²) >= 11 is 0. The average Bonchev–Trinajstić information content (AvgIpc) is 1.75. The Morgan fingerprint density at radius 3 is 1.40 bits per heavy atom. The third kappa shape index (κ3) is 6.01. The highest BCUT2D eigenvalue weighted by atomic mass is 32.3. The first-order chi connectivity index (χ1) is 6.34. The van der Waals surface area contributed by atoms with Crippen LogP contribution in [-0.2, 0) is 35.0 Å². The lowest BCUT2D eigenvalue weighted by atomic mass is 12.0. The molecule has 0 fully saturated rings. The first kappa shape index (κ1) is 14.7. The molecule has 15 heavy (non-hydrogen) atoms. The van der Waals surface area contributed by atoms with E-state index in [0.717, 1.165) is 0 Å². The van der Waals surface area contributed by atoms with Crippen molar-refractivity contribution in [1.82, 2.24) is 8.76 Å². The molecule has 0 atom stereocenters. The zero-order valence-corrected chi connectivity index (χ0v) is 10.5. The highest BCUT2D eigenvalue weighted by Crippen LogP contribution is 2.04. The van der Waals surface area contributed by atoms with Gasteiger partial charge in [-0.25, -0.2) is 25.3 Å². The maximum atomic E-state index is 10.9. The van der Waals surface area contributed by atoms with E-state index in [1.165, 1.54) is 4.89 Å². The number of nitrogens with one attached hydrogen (secondary N) is 1. The summed E-state index contributed by atoms with van der Waals surface area (Å²) in [5.74, 6) is 0. The minimum Gasteiger partial charge on any atom is -0.211 e. The van der Waals surface area contributed by atoms with Gasteiger partial charge in [0, 0.05) is 0 Å². The predicted molar refractivity (Wildman–Crippen MR) is 50.6 cm³/mol. The van der Waals surface area contributed by atoms with Gasteiger partial charge in [0.05, 0.1) is 22.6 Å². The molecule has 0 rings (SSSR count). The van der Waals surface area contributed by atoms with Crippen LogP contribution in [-0.4, -0.2) is 47.9 Å². The van der Waals surface area contributed by atoms with Crippen molar-refractivity contribution in [1.29, 1.82) is 0 Å². The fourth-order valence-electron chi connectivity index (χ4n) is 0.479. The maximum Gasteiger partial charge on any atom is 0.248 e. The summed E-state index contributed by atoms with van der Waals surface area (Å²) < 4.78 is 64.2. The minimum absolute atomic E-state index is 0.443. The van der Waals surface area contributed by atoms with Gasteiger partial charge in [-0.15, -0.1) is 0 Å². The van der Waals surface area contributed by atoms with Crippen LogP contribution in [0, 0.1) is 0 Å². The predicted octanol–water partition coefficient (Wildman–Crippen LogP) is -2.40. The van der Waals surface area contributed by atoms with Crippen LogP contribution in [0.15, 0.2) is 0 Å². The van der Waals surface area contributed by atoms with Gasteiger partial charge < -0.3 is 0 Å². The van der Waals surface area contributed by atoms with Gasteiger partial charge in [0.2, 0.25) is 30.1 Å². The fraction of sp³-hybridized carbons (Fsp3) is 1.00. The van der Waals surface area contributed by atoms with Gasteiger partial charge in [-0.05, 0) is 0 Å². The Morgan fingerprint density at radius 1 is 0.867 bits per heavy atom. The molecule has 0 saturated carbocycles. The Labute approximate surface area is 88.1 Å². The van der Waals surface area contributed by atoms with Crippen LogP contribution in [0.25, 0.3) is 0 Å². The summed E-state index contributed by atoms with van der Waals surface area (Å²) in [7, 11) is -12.4. The summed E-state index contributed by atoms with van der Waals surface area (Å²) in [4.78, 5) is 5.23. The van der Waals surface area contributed by atoms with Crippen LogP contribution in [0.1, 0.15) is 0 Å². The zero-order valence-electron chi connectivity index (χ0n) is 8.03. The van der Waals surface area contributed by atoms with Gasteiger partial charge in [0.25, 0.3) is 0 Å². The van der Waals surface area contributed by atoms with Crippen molar-refractivity contribution in [2.24, 2.45) is 0 Å². The van der Waals surface area contributed by atoms with Crippen LogP contribution in [0.5, 0.6) is 0 Å². The van der Waals surface area contributed by atoms with E-state index in [1.54, 1.807) is 0 Å². The van der Waals surface area contributed by atoms with Gasteiger partial charge in [-0.3, -0.25) is 0 Å². The molecule has 0 saturated heterocycles. The SMILES string of the molecule is CS(=O)(=O)NON(S(C)(=O)=O)S(C)(=O)=O. The van der Waals surface area contributed by atoms with Crippen molar-refractivity contribution in [3.05, 3.63) is 0 Å². The van der Waals surface area contributed by atoms with Crippen molar-refractivity contribution in [3.63, 3.8) is 0 Å². The van der Waals surface area contributed by atoms with Gasteiger partial charge in [0.1, 0.15) is 0 Å². The van der Waals surface area contributed by atoms with E-state index in [9.17, 15) is 25.3 Å². The minimum atomic E-state index is -4.25. The lowest BCUT2D eigenvalue weighted by Crippen LogP contribution is -2.41. The van der Waals surface area contributed by atoms with E-state index in [-0.39, 0.29) is 0 Å². The second-order valence-electron chi connectivity index (χ2n) is 2.64. The molecule has 9 nitrogen and oxygen atoms in total. The molecule has 0 aromatic rings. The molecule has 0 aliphatic rings. The second kappa shape index (κ2) is 4.31. The molecule has 0 radical (unpaired) electrons. The van der Waals surface area contributed by atoms with Crippen LogP contribution in [0.2, 0.25) is 0 Å². The first-order valence-corrected chi connectivity index (χ1v) is 8.77. The Hall–Kier alpha value is -0.270. The van der Waals surface area contributed by atoms with Crippen LogP contribution in [0.3, 0.4) is 0 Å². The molecule has 0 aliphatic carbocycles. The van der Waals surface area contributed by atoms with Crippen molar-refractivity contribution in [2.75, 3.05) is 18.8 Å². The zero-order chi connectivity index (χ0) is 12.5. The quantitative estimate of drug-likeness (QED) is 0.557. The standard InChI is InChI=1S/C3H10N2O7S3/c1-13(6,7)4-12-5(14(2,8)9)15(3,10)11/h4H,1-3H3. The van der Waals surface area contributed by atoms with Gasteiger partial charge in [-0.1, -0.05) is 4.89 Å². The molecule has 0 aromatic carbocycles. The summed E-state index contributed by atoms with van der Waals surface area (Å²) in [6, 6.07) is 0. The van der Waals surface area contributed by atoms with Crippen molar-refractivity contribution < 1.29 is 30.2 Å². The van der Waals surface area contributed by atoms with E-state index >= 15 is 0 Å². The Kier molecular flexibility index (Phi) is 4.23. The number of rotatable bonds is 5. The van der Waals surface area contributed by atoms with Crippen LogP contribution in [0.4, 0.5) is 0 Å². The smallest absolute Gasteiger partial charge is 0.211 e. The fourth-order valence-corrected chi connectivity index (χ4v) is 3.10. The second-order valence-corrected chi connectivity index (χ2v) is 8.17. The molecule has 0 spiro atoms. The van der Waals surface area contributed by atoms with Crippen molar-refractivity contribution in [3.8, 4) is 0 Å². The lowest BCUT2D eigenvalue weighted by molar-refractivity contribution is -0.0485. The summed E-state index contributed by atoms with van der Waals surface area (Å²) in [6.07, 6.45) is 1.74. The van der Waals surface area contributed by atoms with Crippen molar-refractivity contribution >= 4 is 30.1 Å². The number of hydrogen-bond acceptors (Lipinski definition) is 7. The largest absolute Gasteiger partial charge is 0.248 e. The lowest BCUT2D eigenvalue weighted by Gasteiger charge is -2.15. The molecular formula is C3H10N2O7S3. The van der Waals surface area contributed by atoms with Crippen LogP contribution >= 0.6 is 0 Å². The topological polar surface area (TPSA) is 127 Å². The van der Waals surface area contributed by atoms with Gasteiger partial charge >= 0.3 is 0 Å².